The number of fused-ring (bicyclic) bond motifs is 2. The third kappa shape index (κ3) is 4.44. The van der Waals surface area contributed by atoms with Crippen LogP contribution in [0.5, 0.6) is 5.75 Å². The highest BCUT2D eigenvalue weighted by atomic mass is 16.5. The Kier molecular flexibility index (Phi) is 6.20. The van der Waals surface area contributed by atoms with Crippen LogP contribution in [-0.4, -0.2) is 65.0 Å². The van der Waals surface area contributed by atoms with Gasteiger partial charge >= 0.3 is 0 Å². The fourth-order valence-corrected chi connectivity index (χ4v) is 5.33. The fraction of sp³-hybridized carbons (Fsp3) is 0.393. The summed E-state index contributed by atoms with van der Waals surface area (Å²) in [4.78, 5) is 32.9. The smallest absolute Gasteiger partial charge is 0.258 e. The molecule has 2 heterocycles. The van der Waals surface area contributed by atoms with Gasteiger partial charge in [-0.05, 0) is 56.0 Å². The van der Waals surface area contributed by atoms with Crippen LogP contribution in [0, 0.1) is 11.3 Å². The predicted molar refractivity (Wildman–Crippen MR) is 136 cm³/mol. The van der Waals surface area contributed by atoms with Crippen molar-refractivity contribution in [3.8, 4) is 34.7 Å². The van der Waals surface area contributed by atoms with Gasteiger partial charge in [0, 0.05) is 43.6 Å². The van der Waals surface area contributed by atoms with Crippen LogP contribution >= 0.6 is 0 Å². The van der Waals surface area contributed by atoms with Gasteiger partial charge in [-0.15, -0.1) is 0 Å². The Morgan fingerprint density at radius 3 is 2.84 bits per heavy atom. The summed E-state index contributed by atoms with van der Waals surface area (Å²) >= 11 is 0. The molecule has 2 amide bonds. The number of carbonyl (C=O) groups excluding carboxylic acids is 2. The van der Waals surface area contributed by atoms with Crippen LogP contribution in [0.2, 0.25) is 0 Å². The molecule has 2 aliphatic rings. The summed E-state index contributed by atoms with van der Waals surface area (Å²) in [6.45, 7) is 4.44. The van der Waals surface area contributed by atoms with Gasteiger partial charge in [0.2, 0.25) is 17.6 Å². The minimum Gasteiger partial charge on any atom is -0.490 e. The van der Waals surface area contributed by atoms with E-state index < -0.39 is 0 Å². The van der Waals surface area contributed by atoms with E-state index in [1.807, 2.05) is 26.0 Å². The second-order valence-electron chi connectivity index (χ2n) is 10.2. The maximum absolute atomic E-state index is 12.8. The van der Waals surface area contributed by atoms with E-state index in [4.69, 9.17) is 9.26 Å². The Morgan fingerprint density at radius 2 is 2.11 bits per heavy atom. The van der Waals surface area contributed by atoms with E-state index in [-0.39, 0.29) is 29.9 Å². The zero-order chi connectivity index (χ0) is 26.3. The molecule has 0 N–H and O–H groups in total. The van der Waals surface area contributed by atoms with Crippen LogP contribution in [0.4, 0.5) is 0 Å². The van der Waals surface area contributed by atoms with Crippen molar-refractivity contribution in [2.45, 2.75) is 44.6 Å². The van der Waals surface area contributed by atoms with Crippen LogP contribution in [-0.2, 0) is 21.4 Å². The van der Waals surface area contributed by atoms with Crippen molar-refractivity contribution in [1.29, 1.82) is 5.26 Å². The molecule has 1 aromatic heterocycles. The third-order valence-electron chi connectivity index (χ3n) is 7.14. The number of nitriles is 1. The molecule has 0 saturated carbocycles. The van der Waals surface area contributed by atoms with Gasteiger partial charge in [-0.3, -0.25) is 9.59 Å². The van der Waals surface area contributed by atoms with Gasteiger partial charge in [-0.25, -0.2) is 0 Å². The molecule has 1 saturated heterocycles. The highest BCUT2D eigenvalue weighted by Crippen LogP contribution is 2.48. The van der Waals surface area contributed by atoms with E-state index in [0.717, 1.165) is 29.5 Å². The quantitative estimate of drug-likeness (QED) is 0.510. The summed E-state index contributed by atoms with van der Waals surface area (Å²) in [5, 5.41) is 13.8. The van der Waals surface area contributed by atoms with Gasteiger partial charge in [-0.2, -0.15) is 10.2 Å². The van der Waals surface area contributed by atoms with Crippen molar-refractivity contribution in [1.82, 2.24) is 19.9 Å². The minimum absolute atomic E-state index is 0.00786. The average molecular weight is 500 g/mol. The van der Waals surface area contributed by atoms with E-state index in [1.54, 1.807) is 37.2 Å². The average Bonchev–Trinajstić information content (AvgIpc) is 3.57. The number of amides is 2. The lowest BCUT2D eigenvalue weighted by atomic mass is 9.80. The third-order valence-corrected chi connectivity index (χ3v) is 7.14. The number of ether oxygens (including phenoxy) is 1. The number of nitrogens with zero attached hydrogens (tertiary/aromatic N) is 5. The van der Waals surface area contributed by atoms with Crippen LogP contribution in [0.3, 0.4) is 0 Å². The van der Waals surface area contributed by atoms with Crippen molar-refractivity contribution in [3.05, 3.63) is 53.1 Å². The van der Waals surface area contributed by atoms with Crippen molar-refractivity contribution in [3.63, 3.8) is 0 Å². The number of likely N-dealkylation sites (tertiary alicyclic amines) is 1. The summed E-state index contributed by atoms with van der Waals surface area (Å²) in [5.41, 5.74) is 3.83. The molecule has 1 atom stereocenters. The molecule has 0 radical (unpaired) electrons. The summed E-state index contributed by atoms with van der Waals surface area (Å²) in [6, 6.07) is 13.4. The van der Waals surface area contributed by atoms with E-state index in [1.165, 1.54) is 4.90 Å². The molecule has 1 aliphatic heterocycles. The first kappa shape index (κ1) is 24.5. The zero-order valence-electron chi connectivity index (χ0n) is 21.4. The molecule has 1 aliphatic carbocycles. The van der Waals surface area contributed by atoms with Crippen LogP contribution in [0.25, 0.3) is 22.8 Å². The highest BCUT2D eigenvalue weighted by Gasteiger charge is 2.49. The molecule has 0 unspecified atom stereocenters. The van der Waals surface area contributed by atoms with Gasteiger partial charge in [-0.1, -0.05) is 23.4 Å². The lowest BCUT2D eigenvalue weighted by molar-refractivity contribution is -0.136. The Labute approximate surface area is 215 Å². The molecular formula is C28H29N5O4. The highest BCUT2D eigenvalue weighted by molar-refractivity contribution is 5.87. The standard InChI is InChI=1S/C28H29N5O4/c1-17(2)36-23-9-8-18(12-19(23)14-29)27-30-26(31-37-27)21-6-5-7-22-20(21)10-11-28(22)13-24(34)33(16-28)15-25(35)32(3)4/h5-9,12,17H,10-11,13,15-16H2,1-4H3/t28-/m0/s1. The SMILES string of the molecule is CC(C)Oc1ccc(-c2nc(-c3cccc4c3CC[C@@]43CC(=O)N(CC(=O)N(C)C)C3)no2)cc1C#N. The molecule has 9 heteroatoms. The minimum atomic E-state index is -0.310. The summed E-state index contributed by atoms with van der Waals surface area (Å²) < 4.78 is 11.3. The second kappa shape index (κ2) is 9.36. The summed E-state index contributed by atoms with van der Waals surface area (Å²) in [7, 11) is 3.40. The van der Waals surface area contributed by atoms with E-state index in [9.17, 15) is 14.9 Å². The van der Waals surface area contributed by atoms with Crippen molar-refractivity contribution >= 4 is 11.8 Å². The Morgan fingerprint density at radius 1 is 1.30 bits per heavy atom. The molecule has 5 rings (SSSR count). The molecule has 3 aromatic rings. The van der Waals surface area contributed by atoms with Crippen LogP contribution in [0.15, 0.2) is 40.9 Å². The van der Waals surface area contributed by atoms with Gasteiger partial charge in [0.25, 0.3) is 5.89 Å². The molecule has 190 valence electrons. The van der Waals surface area contributed by atoms with Gasteiger partial charge in [0.05, 0.1) is 18.2 Å². The summed E-state index contributed by atoms with van der Waals surface area (Å²) in [6.07, 6.45) is 1.96. The molecule has 2 aromatic carbocycles. The largest absolute Gasteiger partial charge is 0.490 e. The number of hydrogen-bond donors (Lipinski definition) is 0. The normalized spacial score (nSPS) is 18.4. The maximum Gasteiger partial charge on any atom is 0.258 e. The molecule has 1 fully saturated rings. The monoisotopic (exact) mass is 499 g/mol. The van der Waals surface area contributed by atoms with Crippen LogP contribution < -0.4 is 4.74 Å². The van der Waals surface area contributed by atoms with Crippen molar-refractivity contribution in [2.24, 2.45) is 0 Å². The number of benzene rings is 2. The molecule has 9 nitrogen and oxygen atoms in total. The number of aromatic nitrogens is 2. The molecule has 37 heavy (non-hydrogen) atoms. The predicted octanol–water partition coefficient (Wildman–Crippen LogP) is 3.57. The Hall–Kier alpha value is -4.19. The van der Waals surface area contributed by atoms with Crippen LogP contribution in [0.1, 0.15) is 43.4 Å². The first-order valence-corrected chi connectivity index (χ1v) is 12.4. The second-order valence-corrected chi connectivity index (χ2v) is 10.2. The molecule has 0 bridgehead atoms. The van der Waals surface area contributed by atoms with Gasteiger partial charge in [0.1, 0.15) is 11.8 Å². The lowest BCUT2D eigenvalue weighted by Crippen LogP contribution is -2.38. The van der Waals surface area contributed by atoms with Gasteiger partial charge < -0.3 is 19.1 Å². The van der Waals surface area contributed by atoms with E-state index in [2.05, 4.69) is 22.3 Å². The number of hydrogen-bond acceptors (Lipinski definition) is 7. The molecule has 1 spiro atoms. The van der Waals surface area contributed by atoms with E-state index >= 15 is 0 Å². The number of rotatable bonds is 6. The fourth-order valence-electron chi connectivity index (χ4n) is 5.33. The first-order valence-electron chi connectivity index (χ1n) is 12.4. The first-order chi connectivity index (χ1) is 17.7. The van der Waals surface area contributed by atoms with Crippen molar-refractivity contribution < 1.29 is 18.8 Å². The number of likely N-dealkylation sites (N-methyl/N-ethyl adjacent to an activating group) is 1. The van der Waals surface area contributed by atoms with E-state index in [0.29, 0.717) is 41.6 Å². The Bertz CT molecular complexity index is 1420. The van der Waals surface area contributed by atoms with Crippen molar-refractivity contribution in [2.75, 3.05) is 27.2 Å². The molecular weight excluding hydrogens is 470 g/mol. The topological polar surface area (TPSA) is 113 Å². The number of carbonyl (C=O) groups is 2. The van der Waals surface area contributed by atoms with Gasteiger partial charge in [0.15, 0.2) is 0 Å². The maximum atomic E-state index is 12.8. The Balaban J connectivity index is 1.43. The lowest BCUT2D eigenvalue weighted by Gasteiger charge is -2.25. The zero-order valence-corrected chi connectivity index (χ0v) is 21.4. The summed E-state index contributed by atoms with van der Waals surface area (Å²) in [5.74, 6) is 1.22.